The summed E-state index contributed by atoms with van der Waals surface area (Å²) < 4.78 is 0. The highest BCUT2D eigenvalue weighted by atomic mass is 16.1. The minimum atomic E-state index is -0.329. The molecule has 1 fully saturated rings. The molecular weight excluding hydrogens is 290 g/mol. The Morgan fingerprint density at radius 2 is 2.17 bits per heavy atom. The van der Waals surface area contributed by atoms with E-state index in [9.17, 15) is 4.79 Å². The van der Waals surface area contributed by atoms with E-state index in [4.69, 9.17) is 5.73 Å². The number of nitrogens with two attached hydrogens (primary N) is 1. The molecule has 1 unspecified atom stereocenters. The molecule has 1 aliphatic heterocycles. The number of benzene rings is 1. The van der Waals surface area contributed by atoms with Crippen LogP contribution in [0.3, 0.4) is 0 Å². The quantitative estimate of drug-likeness (QED) is 0.854. The largest absolute Gasteiger partial charge is 0.370 e. The van der Waals surface area contributed by atoms with Gasteiger partial charge in [-0.25, -0.2) is 4.98 Å². The maximum Gasteiger partial charge on any atom is 0.217 e. The maximum absolute atomic E-state index is 10.9. The summed E-state index contributed by atoms with van der Waals surface area (Å²) in [5.74, 6) is 1.03. The van der Waals surface area contributed by atoms with E-state index in [0.717, 1.165) is 5.56 Å². The van der Waals surface area contributed by atoms with Crippen molar-refractivity contribution in [1.82, 2.24) is 20.1 Å². The monoisotopic (exact) mass is 313 g/mol. The molecular formula is C17H23N5O. The normalized spacial score (nSPS) is 16.6. The Hall–Kier alpha value is -2.21. The lowest BCUT2D eigenvalue weighted by molar-refractivity contribution is -0.118. The van der Waals surface area contributed by atoms with Crippen molar-refractivity contribution < 1.29 is 4.79 Å². The number of amides is 1. The summed E-state index contributed by atoms with van der Waals surface area (Å²) in [6.45, 7) is 4.59. The number of nitrogens with zero attached hydrogens (tertiary/aromatic N) is 3. The highest BCUT2D eigenvalue weighted by Gasteiger charge is 2.20. The third-order valence-corrected chi connectivity index (χ3v) is 4.46. The van der Waals surface area contributed by atoms with Gasteiger partial charge >= 0.3 is 0 Å². The number of nitrogens with one attached hydrogen (secondary N) is 1. The highest BCUT2D eigenvalue weighted by Crippen LogP contribution is 2.27. The molecule has 2 aromatic rings. The van der Waals surface area contributed by atoms with Crippen LogP contribution in [-0.4, -0.2) is 39.1 Å². The van der Waals surface area contributed by atoms with E-state index < -0.39 is 0 Å². The van der Waals surface area contributed by atoms with Crippen molar-refractivity contribution in [2.24, 2.45) is 5.73 Å². The molecule has 122 valence electrons. The van der Waals surface area contributed by atoms with Crippen LogP contribution in [-0.2, 0) is 11.2 Å². The Kier molecular flexibility index (Phi) is 4.71. The minimum absolute atomic E-state index is 0.278. The predicted molar refractivity (Wildman–Crippen MR) is 88.6 cm³/mol. The molecule has 23 heavy (non-hydrogen) atoms. The van der Waals surface area contributed by atoms with Crippen LogP contribution < -0.4 is 5.73 Å². The molecule has 1 saturated heterocycles. The van der Waals surface area contributed by atoms with Crippen LogP contribution in [0.4, 0.5) is 0 Å². The van der Waals surface area contributed by atoms with Crippen molar-refractivity contribution in [3.05, 3.63) is 35.7 Å². The van der Waals surface area contributed by atoms with E-state index in [1.54, 1.807) is 0 Å². The van der Waals surface area contributed by atoms with Gasteiger partial charge in [0.25, 0.3) is 0 Å². The Morgan fingerprint density at radius 3 is 2.91 bits per heavy atom. The van der Waals surface area contributed by atoms with Crippen molar-refractivity contribution in [1.29, 1.82) is 0 Å². The van der Waals surface area contributed by atoms with Crippen molar-refractivity contribution in [3.8, 4) is 11.4 Å². The first kappa shape index (κ1) is 15.7. The third kappa shape index (κ3) is 3.76. The van der Waals surface area contributed by atoms with Gasteiger partial charge in [-0.15, -0.1) is 0 Å². The summed E-state index contributed by atoms with van der Waals surface area (Å²) in [6, 6.07) is 8.79. The van der Waals surface area contributed by atoms with Gasteiger partial charge in [-0.2, -0.15) is 5.10 Å². The zero-order valence-corrected chi connectivity index (χ0v) is 13.5. The van der Waals surface area contributed by atoms with Gasteiger partial charge < -0.3 is 5.73 Å². The number of rotatable bonds is 6. The van der Waals surface area contributed by atoms with Crippen LogP contribution in [0, 0.1) is 0 Å². The first-order chi connectivity index (χ1) is 11.1. The average molecular weight is 313 g/mol. The van der Waals surface area contributed by atoms with Gasteiger partial charge in [-0.1, -0.05) is 18.2 Å². The number of carbonyl (C=O) groups excluding carboxylic acids is 1. The fourth-order valence-corrected chi connectivity index (χ4v) is 3.06. The number of hydrogen-bond donors (Lipinski definition) is 2. The van der Waals surface area contributed by atoms with Gasteiger partial charge in [-0.3, -0.25) is 14.8 Å². The number of aromatic amines is 1. The van der Waals surface area contributed by atoms with Crippen molar-refractivity contribution in [3.63, 3.8) is 0 Å². The molecule has 0 bridgehead atoms. The van der Waals surface area contributed by atoms with E-state index in [-0.39, 0.29) is 12.3 Å². The number of aryl methyl sites for hydroxylation is 1. The smallest absolute Gasteiger partial charge is 0.217 e. The maximum atomic E-state index is 10.9. The molecule has 2 heterocycles. The first-order valence-electron chi connectivity index (χ1n) is 8.17. The number of likely N-dealkylation sites (tertiary alicyclic amines) is 1. The van der Waals surface area contributed by atoms with Gasteiger partial charge in [0, 0.05) is 24.4 Å². The number of carbonyl (C=O) groups is 1. The van der Waals surface area contributed by atoms with E-state index in [2.05, 4.69) is 45.2 Å². The summed E-state index contributed by atoms with van der Waals surface area (Å²) in [7, 11) is 0. The van der Waals surface area contributed by atoms with Crippen LogP contribution in [0.15, 0.2) is 24.3 Å². The Labute approximate surface area is 136 Å². The van der Waals surface area contributed by atoms with Gasteiger partial charge in [0.05, 0.1) is 0 Å². The lowest BCUT2D eigenvalue weighted by atomic mass is 10.0. The number of primary amides is 1. The molecule has 0 aliphatic carbocycles. The second kappa shape index (κ2) is 6.91. The minimum Gasteiger partial charge on any atom is -0.370 e. The summed E-state index contributed by atoms with van der Waals surface area (Å²) in [5.41, 5.74) is 7.45. The molecule has 1 amide bonds. The summed E-state index contributed by atoms with van der Waals surface area (Å²) in [6.07, 6.45) is 3.34. The first-order valence-corrected chi connectivity index (χ1v) is 8.17. The Bertz CT molecular complexity index is 675. The standard InChI is InChI=1S/C17H23N5O/c1-12(22-9-2-3-10-22)13-5-4-6-14(11-13)17-19-16(20-21-17)8-7-15(18)23/h4-6,11-12H,2-3,7-10H2,1H3,(H2,18,23)(H,19,20,21). The van der Waals surface area contributed by atoms with Crippen LogP contribution in [0.5, 0.6) is 0 Å². The third-order valence-electron chi connectivity index (χ3n) is 4.46. The zero-order valence-electron chi connectivity index (χ0n) is 13.5. The molecule has 1 atom stereocenters. The van der Waals surface area contributed by atoms with Gasteiger partial charge in [0.1, 0.15) is 5.82 Å². The van der Waals surface area contributed by atoms with Crippen LogP contribution >= 0.6 is 0 Å². The van der Waals surface area contributed by atoms with Gasteiger partial charge in [-0.05, 0) is 44.5 Å². The van der Waals surface area contributed by atoms with E-state index >= 15 is 0 Å². The Morgan fingerprint density at radius 1 is 1.39 bits per heavy atom. The molecule has 0 radical (unpaired) electrons. The molecule has 1 aliphatic rings. The van der Waals surface area contributed by atoms with Crippen molar-refractivity contribution in [2.75, 3.05) is 13.1 Å². The van der Waals surface area contributed by atoms with Crippen LogP contribution in [0.1, 0.15) is 43.6 Å². The van der Waals surface area contributed by atoms with E-state index in [0.29, 0.717) is 24.1 Å². The molecule has 6 nitrogen and oxygen atoms in total. The zero-order chi connectivity index (χ0) is 16.2. The summed E-state index contributed by atoms with van der Waals surface area (Å²) in [4.78, 5) is 17.8. The molecule has 1 aromatic carbocycles. The van der Waals surface area contributed by atoms with Gasteiger partial charge in [0.2, 0.25) is 5.91 Å². The molecule has 3 rings (SSSR count). The second-order valence-corrected chi connectivity index (χ2v) is 6.12. The van der Waals surface area contributed by atoms with Gasteiger partial charge in [0.15, 0.2) is 5.82 Å². The van der Waals surface area contributed by atoms with E-state index in [1.807, 2.05) is 6.07 Å². The molecule has 3 N–H and O–H groups in total. The fraction of sp³-hybridized carbons (Fsp3) is 0.471. The molecule has 0 saturated carbocycles. The molecule has 6 heteroatoms. The lowest BCUT2D eigenvalue weighted by Gasteiger charge is -2.24. The van der Waals surface area contributed by atoms with Crippen LogP contribution in [0.2, 0.25) is 0 Å². The SMILES string of the molecule is CC(c1cccc(-c2n[nH]c(CCC(N)=O)n2)c1)N1CCCC1. The predicted octanol–water partition coefficient (Wildman–Crippen LogP) is 2.05. The summed E-state index contributed by atoms with van der Waals surface area (Å²) >= 11 is 0. The molecule has 1 aromatic heterocycles. The van der Waals surface area contributed by atoms with Crippen molar-refractivity contribution in [2.45, 2.75) is 38.6 Å². The lowest BCUT2D eigenvalue weighted by Crippen LogP contribution is -2.23. The van der Waals surface area contributed by atoms with E-state index in [1.165, 1.54) is 31.5 Å². The number of hydrogen-bond acceptors (Lipinski definition) is 4. The second-order valence-electron chi connectivity index (χ2n) is 6.12. The van der Waals surface area contributed by atoms with Crippen LogP contribution in [0.25, 0.3) is 11.4 Å². The topological polar surface area (TPSA) is 87.9 Å². The fourth-order valence-electron chi connectivity index (χ4n) is 3.06. The number of H-pyrrole nitrogens is 1. The Balaban J connectivity index is 1.75. The highest BCUT2D eigenvalue weighted by molar-refractivity contribution is 5.73. The molecule has 0 spiro atoms. The van der Waals surface area contributed by atoms with Crippen molar-refractivity contribution >= 4 is 5.91 Å². The average Bonchev–Trinajstić information content (AvgIpc) is 3.24. The number of aromatic nitrogens is 3. The summed E-state index contributed by atoms with van der Waals surface area (Å²) in [5, 5.41) is 7.14.